The third kappa shape index (κ3) is 3.20. The van der Waals surface area contributed by atoms with Gasteiger partial charge in [-0.15, -0.1) is 0 Å². The summed E-state index contributed by atoms with van der Waals surface area (Å²) < 4.78 is 6.74. The molecule has 106 valence electrons. The maximum atomic E-state index is 12.2. The quantitative estimate of drug-likeness (QED) is 0.851. The lowest BCUT2D eigenvalue weighted by molar-refractivity contribution is -0.117. The van der Waals surface area contributed by atoms with Crippen molar-refractivity contribution in [2.24, 2.45) is 7.05 Å². The lowest BCUT2D eigenvalue weighted by atomic mass is 10.0. The summed E-state index contributed by atoms with van der Waals surface area (Å²) >= 11 is 6.14. The fourth-order valence-electron chi connectivity index (χ4n) is 2.14. The Labute approximate surface area is 123 Å². The number of aryl methyl sites for hydroxylation is 2. The van der Waals surface area contributed by atoms with Gasteiger partial charge in [0.1, 0.15) is 16.7 Å². The molecule has 0 bridgehead atoms. The van der Waals surface area contributed by atoms with E-state index in [1.807, 2.05) is 31.2 Å². The minimum Gasteiger partial charge on any atom is -0.497 e. The summed E-state index contributed by atoms with van der Waals surface area (Å²) in [4.78, 5) is 12.2. The van der Waals surface area contributed by atoms with Crippen molar-refractivity contribution in [2.75, 3.05) is 7.11 Å². The highest BCUT2D eigenvalue weighted by molar-refractivity contribution is 6.30. The molecular formula is C15H17ClN2O2. The van der Waals surface area contributed by atoms with Gasteiger partial charge in [-0.3, -0.25) is 9.48 Å². The van der Waals surface area contributed by atoms with Gasteiger partial charge in [0.25, 0.3) is 0 Å². The van der Waals surface area contributed by atoms with Crippen LogP contribution in [-0.4, -0.2) is 22.7 Å². The molecule has 0 atom stereocenters. The van der Waals surface area contributed by atoms with E-state index in [9.17, 15) is 4.79 Å². The SMILES string of the molecule is COc1cccc(CC(=O)Cc2c(C)nn(C)c2Cl)c1. The lowest BCUT2D eigenvalue weighted by Crippen LogP contribution is -2.07. The Bertz CT molecular complexity index is 635. The van der Waals surface area contributed by atoms with Crippen molar-refractivity contribution in [2.45, 2.75) is 19.8 Å². The molecule has 0 saturated carbocycles. The van der Waals surface area contributed by atoms with Gasteiger partial charge < -0.3 is 4.74 Å². The lowest BCUT2D eigenvalue weighted by Gasteiger charge is -2.04. The van der Waals surface area contributed by atoms with E-state index in [0.29, 0.717) is 18.0 Å². The molecule has 0 spiro atoms. The molecule has 0 saturated heterocycles. The van der Waals surface area contributed by atoms with Crippen molar-refractivity contribution in [1.82, 2.24) is 9.78 Å². The number of hydrogen-bond acceptors (Lipinski definition) is 3. The second-order valence-electron chi connectivity index (χ2n) is 4.72. The minimum absolute atomic E-state index is 0.108. The van der Waals surface area contributed by atoms with Crippen molar-refractivity contribution in [1.29, 1.82) is 0 Å². The number of Topliss-reactive ketones (excluding diaryl/α,β-unsaturated/α-hetero) is 1. The Morgan fingerprint density at radius 1 is 1.40 bits per heavy atom. The smallest absolute Gasteiger partial charge is 0.141 e. The van der Waals surface area contributed by atoms with Gasteiger partial charge in [-0.05, 0) is 24.6 Å². The fraction of sp³-hybridized carbons (Fsp3) is 0.333. The summed E-state index contributed by atoms with van der Waals surface area (Å²) in [5.41, 5.74) is 2.55. The van der Waals surface area contributed by atoms with E-state index >= 15 is 0 Å². The highest BCUT2D eigenvalue weighted by atomic mass is 35.5. The van der Waals surface area contributed by atoms with Crippen LogP contribution in [0, 0.1) is 6.92 Å². The first kappa shape index (κ1) is 14.6. The van der Waals surface area contributed by atoms with E-state index in [-0.39, 0.29) is 5.78 Å². The molecule has 0 N–H and O–H groups in total. The molecule has 5 heteroatoms. The normalized spacial score (nSPS) is 10.6. The van der Waals surface area contributed by atoms with Crippen molar-refractivity contribution >= 4 is 17.4 Å². The number of methoxy groups -OCH3 is 1. The van der Waals surface area contributed by atoms with E-state index in [0.717, 1.165) is 22.6 Å². The first-order chi connectivity index (χ1) is 9.51. The predicted octanol–water partition coefficient (Wildman–Crippen LogP) is 2.74. The Balaban J connectivity index is 2.09. The second kappa shape index (κ2) is 6.09. The zero-order valence-electron chi connectivity index (χ0n) is 11.8. The second-order valence-corrected chi connectivity index (χ2v) is 5.08. The van der Waals surface area contributed by atoms with Crippen LogP contribution in [0.15, 0.2) is 24.3 Å². The summed E-state index contributed by atoms with van der Waals surface area (Å²) in [7, 11) is 3.38. The number of ether oxygens (including phenoxy) is 1. The standard InChI is InChI=1S/C15H17ClN2O2/c1-10-14(15(16)18(2)17-10)9-12(19)7-11-5-4-6-13(8-11)20-3/h4-6,8H,7,9H2,1-3H3. The fourth-order valence-corrected chi connectivity index (χ4v) is 2.39. The maximum Gasteiger partial charge on any atom is 0.141 e. The van der Waals surface area contributed by atoms with Gasteiger partial charge in [0.2, 0.25) is 0 Å². The van der Waals surface area contributed by atoms with Crippen molar-refractivity contribution < 1.29 is 9.53 Å². The van der Waals surface area contributed by atoms with E-state index < -0.39 is 0 Å². The van der Waals surface area contributed by atoms with Crippen LogP contribution in [0.3, 0.4) is 0 Å². The molecule has 2 aromatic rings. The summed E-state index contributed by atoms with van der Waals surface area (Å²) in [5, 5.41) is 4.74. The molecule has 0 radical (unpaired) electrons. The molecule has 0 unspecified atom stereocenters. The largest absolute Gasteiger partial charge is 0.497 e. The van der Waals surface area contributed by atoms with Crippen LogP contribution in [-0.2, 0) is 24.7 Å². The van der Waals surface area contributed by atoms with Gasteiger partial charge in [-0.2, -0.15) is 5.10 Å². The maximum absolute atomic E-state index is 12.2. The monoisotopic (exact) mass is 292 g/mol. The minimum atomic E-state index is 0.108. The van der Waals surface area contributed by atoms with Crippen LogP contribution < -0.4 is 4.74 Å². The summed E-state index contributed by atoms with van der Waals surface area (Å²) in [6.45, 7) is 1.86. The number of aromatic nitrogens is 2. The van der Waals surface area contributed by atoms with Crippen molar-refractivity contribution in [3.63, 3.8) is 0 Å². The highest BCUT2D eigenvalue weighted by Crippen LogP contribution is 2.20. The number of carbonyl (C=O) groups is 1. The molecule has 2 rings (SSSR count). The van der Waals surface area contributed by atoms with Gasteiger partial charge in [0, 0.05) is 25.5 Å². The number of carbonyl (C=O) groups excluding carboxylic acids is 1. The molecule has 4 nitrogen and oxygen atoms in total. The Morgan fingerprint density at radius 2 is 2.15 bits per heavy atom. The van der Waals surface area contributed by atoms with Gasteiger partial charge in [-0.25, -0.2) is 0 Å². The van der Waals surface area contributed by atoms with Crippen LogP contribution in [0.2, 0.25) is 5.15 Å². The van der Waals surface area contributed by atoms with Crippen LogP contribution >= 0.6 is 11.6 Å². The molecule has 1 aromatic carbocycles. The first-order valence-corrected chi connectivity index (χ1v) is 6.71. The van der Waals surface area contributed by atoms with Crippen molar-refractivity contribution in [3.8, 4) is 5.75 Å². The number of hydrogen-bond donors (Lipinski definition) is 0. The number of halogens is 1. The summed E-state index contributed by atoms with van der Waals surface area (Å²) in [6.07, 6.45) is 0.664. The Hall–Kier alpha value is -1.81. The zero-order chi connectivity index (χ0) is 14.7. The van der Waals surface area contributed by atoms with Crippen LogP contribution in [0.4, 0.5) is 0 Å². The van der Waals surface area contributed by atoms with E-state index in [1.165, 1.54) is 0 Å². The average Bonchev–Trinajstić information content (AvgIpc) is 2.65. The van der Waals surface area contributed by atoms with Gasteiger partial charge in [0.05, 0.1) is 12.8 Å². The highest BCUT2D eigenvalue weighted by Gasteiger charge is 2.15. The molecular weight excluding hydrogens is 276 g/mol. The van der Waals surface area contributed by atoms with E-state index in [4.69, 9.17) is 16.3 Å². The van der Waals surface area contributed by atoms with Gasteiger partial charge >= 0.3 is 0 Å². The number of nitrogens with zero attached hydrogens (tertiary/aromatic N) is 2. The van der Waals surface area contributed by atoms with E-state index in [2.05, 4.69) is 5.10 Å². The van der Waals surface area contributed by atoms with Crippen LogP contribution in [0.5, 0.6) is 5.75 Å². The van der Waals surface area contributed by atoms with Gasteiger partial charge in [-0.1, -0.05) is 23.7 Å². The Morgan fingerprint density at radius 3 is 2.75 bits per heavy atom. The number of rotatable bonds is 5. The van der Waals surface area contributed by atoms with Gasteiger partial charge in [0.15, 0.2) is 0 Å². The third-order valence-corrected chi connectivity index (χ3v) is 3.65. The molecule has 0 aliphatic rings. The first-order valence-electron chi connectivity index (χ1n) is 6.34. The van der Waals surface area contributed by atoms with Crippen molar-refractivity contribution in [3.05, 3.63) is 46.2 Å². The van der Waals surface area contributed by atoms with Crippen LogP contribution in [0.1, 0.15) is 16.8 Å². The Kier molecular flexibility index (Phi) is 4.45. The molecule has 1 aromatic heterocycles. The topological polar surface area (TPSA) is 44.1 Å². The zero-order valence-corrected chi connectivity index (χ0v) is 12.6. The molecule has 0 fully saturated rings. The van der Waals surface area contributed by atoms with Crippen LogP contribution in [0.25, 0.3) is 0 Å². The molecule has 1 heterocycles. The number of ketones is 1. The summed E-state index contributed by atoms with van der Waals surface area (Å²) in [6, 6.07) is 7.52. The average molecular weight is 293 g/mol. The van der Waals surface area contributed by atoms with E-state index in [1.54, 1.807) is 18.8 Å². The molecule has 0 amide bonds. The summed E-state index contributed by atoms with van der Waals surface area (Å²) in [5.74, 6) is 0.863. The third-order valence-electron chi connectivity index (χ3n) is 3.18. The molecule has 0 aliphatic carbocycles. The molecule has 0 aliphatic heterocycles. The molecule has 20 heavy (non-hydrogen) atoms. The number of benzene rings is 1. The predicted molar refractivity (Wildman–Crippen MR) is 78.4 cm³/mol.